The van der Waals surface area contributed by atoms with Crippen LogP contribution in [0.15, 0.2) is 18.2 Å². The molecule has 0 spiro atoms. The first-order chi connectivity index (χ1) is 19.9. The summed E-state index contributed by atoms with van der Waals surface area (Å²) in [5.74, 6) is -3.18. The van der Waals surface area contributed by atoms with E-state index in [1.807, 2.05) is 0 Å². The average molecular weight is 660 g/mol. The van der Waals surface area contributed by atoms with E-state index in [1.165, 1.54) is 24.5 Å². The van der Waals surface area contributed by atoms with Gasteiger partial charge in [0.25, 0.3) is 0 Å². The lowest BCUT2D eigenvalue weighted by molar-refractivity contribution is -0.192. The lowest BCUT2D eigenvalue weighted by Gasteiger charge is -2.29. The number of benzene rings is 1. The molecule has 1 aromatic carbocycles. The van der Waals surface area contributed by atoms with E-state index < -0.39 is 35.9 Å². The zero-order valence-electron chi connectivity index (χ0n) is 25.6. The first kappa shape index (κ1) is 40.2. The largest absolute Gasteiger partial charge is 0.490 e. The molecule has 3 amide bonds. The molecule has 0 radical (unpaired) electrons. The van der Waals surface area contributed by atoms with Gasteiger partial charge in [-0.05, 0) is 70.6 Å². The van der Waals surface area contributed by atoms with Crippen molar-refractivity contribution in [3.05, 3.63) is 28.8 Å². The third-order valence-corrected chi connectivity index (χ3v) is 6.37. The summed E-state index contributed by atoms with van der Waals surface area (Å²) in [6, 6.07) is 3.55. The number of amides is 3. The molecule has 1 aliphatic heterocycles. The van der Waals surface area contributed by atoms with Crippen LogP contribution in [0.25, 0.3) is 0 Å². The van der Waals surface area contributed by atoms with Crippen molar-refractivity contribution in [2.24, 2.45) is 0 Å². The Kier molecular flexibility index (Phi) is 17.6. The summed E-state index contributed by atoms with van der Waals surface area (Å²) >= 11 is 11.8. The zero-order valence-corrected chi connectivity index (χ0v) is 27.1. The third kappa shape index (κ3) is 14.5. The highest BCUT2D eigenvalue weighted by Gasteiger charge is 2.41. The van der Waals surface area contributed by atoms with Gasteiger partial charge in [-0.25, -0.2) is 9.59 Å². The third-order valence-electron chi connectivity index (χ3n) is 5.94. The Morgan fingerprint density at radius 2 is 1.63 bits per heavy atom. The van der Waals surface area contributed by atoms with Crippen molar-refractivity contribution in [1.29, 1.82) is 0 Å². The van der Waals surface area contributed by atoms with Crippen molar-refractivity contribution < 1.29 is 42.2 Å². The highest BCUT2D eigenvalue weighted by atomic mass is 35.5. The van der Waals surface area contributed by atoms with Gasteiger partial charge in [-0.1, -0.05) is 39.3 Å². The molecule has 10 nitrogen and oxygen atoms in total. The molecular formula is C28H43Cl2F3N4O6. The standard InChI is InChI=1S/C20H27Cl2N3O4.C6H15N.C2HF3O2/c1-5-14(24-19(28)29-20(2,3)4)18(27)25-15-7-6-13(22)10-12(15)11-16(25)17(26)23-9-8-21;1-4-7(5-2)6-3;3-2(4,5)1(6)7/h6-7,10,14,16H,5,8-9,11H2,1-4H3,(H,23,26)(H,24,28);4-6H2,1-3H3;(H,6,7)/t14-,16-;;/m0../s1. The molecule has 0 fully saturated rings. The molecule has 2 atom stereocenters. The molecule has 1 aromatic rings. The predicted molar refractivity (Wildman–Crippen MR) is 161 cm³/mol. The van der Waals surface area contributed by atoms with Crippen molar-refractivity contribution in [1.82, 2.24) is 15.5 Å². The lowest BCUT2D eigenvalue weighted by atomic mass is 10.1. The Morgan fingerprint density at radius 3 is 2.02 bits per heavy atom. The molecule has 2 rings (SSSR count). The van der Waals surface area contributed by atoms with Gasteiger partial charge in [0.2, 0.25) is 11.8 Å². The zero-order chi connectivity index (χ0) is 33.5. The first-order valence-corrected chi connectivity index (χ1v) is 14.7. The number of rotatable bonds is 9. The fourth-order valence-corrected chi connectivity index (χ4v) is 4.11. The Bertz CT molecular complexity index is 1060. The maximum Gasteiger partial charge on any atom is 0.490 e. The number of hydrogen-bond acceptors (Lipinski definition) is 6. The van der Waals surface area contributed by atoms with E-state index in [9.17, 15) is 27.6 Å². The predicted octanol–water partition coefficient (Wildman–Crippen LogP) is 5.24. The van der Waals surface area contributed by atoms with Gasteiger partial charge in [-0.15, -0.1) is 11.6 Å². The second-order valence-corrected chi connectivity index (χ2v) is 11.0. The van der Waals surface area contributed by atoms with E-state index in [4.69, 9.17) is 37.8 Å². The summed E-state index contributed by atoms with van der Waals surface area (Å²) in [6.45, 7) is 17.4. The molecule has 1 aliphatic rings. The molecule has 0 saturated heterocycles. The number of fused-ring (bicyclic) bond motifs is 1. The number of anilines is 1. The quantitative estimate of drug-likeness (QED) is 0.310. The molecule has 0 bridgehead atoms. The Labute approximate surface area is 261 Å². The summed E-state index contributed by atoms with van der Waals surface area (Å²) in [5.41, 5.74) is 0.714. The summed E-state index contributed by atoms with van der Waals surface area (Å²) in [7, 11) is 0. The summed E-state index contributed by atoms with van der Waals surface area (Å²) in [6.07, 6.45) is -5.09. The highest BCUT2D eigenvalue weighted by Crippen LogP contribution is 2.35. The number of aliphatic carboxylic acids is 1. The Balaban J connectivity index is 0.00000104. The number of carboxylic acids is 1. The smallest absolute Gasteiger partial charge is 0.475 e. The maximum absolute atomic E-state index is 13.3. The number of halogens is 5. The highest BCUT2D eigenvalue weighted by molar-refractivity contribution is 6.30. The van der Waals surface area contributed by atoms with Gasteiger partial charge in [-0.3, -0.25) is 14.5 Å². The second-order valence-electron chi connectivity index (χ2n) is 10.2. The molecule has 1 heterocycles. The van der Waals surface area contributed by atoms with E-state index in [0.29, 0.717) is 30.1 Å². The van der Waals surface area contributed by atoms with E-state index in [0.717, 1.165) is 5.56 Å². The van der Waals surface area contributed by atoms with Crippen LogP contribution >= 0.6 is 23.2 Å². The van der Waals surface area contributed by atoms with E-state index >= 15 is 0 Å². The van der Waals surface area contributed by atoms with Gasteiger partial charge in [0.05, 0.1) is 0 Å². The van der Waals surface area contributed by atoms with Crippen LogP contribution in [0.2, 0.25) is 5.02 Å². The van der Waals surface area contributed by atoms with E-state index in [-0.39, 0.29) is 17.7 Å². The van der Waals surface area contributed by atoms with Gasteiger partial charge < -0.3 is 25.4 Å². The minimum atomic E-state index is -5.08. The average Bonchev–Trinajstić information content (AvgIpc) is 3.28. The Hall–Kier alpha value is -2.77. The molecule has 0 unspecified atom stereocenters. The monoisotopic (exact) mass is 658 g/mol. The topological polar surface area (TPSA) is 128 Å². The number of alkyl carbamates (subject to hydrolysis) is 1. The van der Waals surface area contributed by atoms with Crippen LogP contribution in [0.4, 0.5) is 23.7 Å². The summed E-state index contributed by atoms with van der Waals surface area (Å²) in [5, 5.41) is 13.0. The van der Waals surface area contributed by atoms with Crippen LogP contribution < -0.4 is 15.5 Å². The minimum absolute atomic E-state index is 0.267. The summed E-state index contributed by atoms with van der Waals surface area (Å²) < 4.78 is 37.0. The number of carbonyl (C=O) groups is 4. The van der Waals surface area contributed by atoms with Gasteiger partial charge in [0, 0.05) is 29.6 Å². The lowest BCUT2D eigenvalue weighted by Crippen LogP contribution is -2.55. The first-order valence-electron chi connectivity index (χ1n) is 13.8. The molecular weight excluding hydrogens is 616 g/mol. The van der Waals surface area contributed by atoms with Crippen molar-refractivity contribution in [2.75, 3.05) is 37.0 Å². The number of alkyl halides is 4. The van der Waals surface area contributed by atoms with Crippen LogP contribution in [0.5, 0.6) is 0 Å². The van der Waals surface area contributed by atoms with Gasteiger partial charge >= 0.3 is 18.2 Å². The second kappa shape index (κ2) is 18.8. The number of carboxylic acid groups (broad SMARTS) is 1. The number of nitrogens with zero attached hydrogens (tertiary/aromatic N) is 2. The fourth-order valence-electron chi connectivity index (χ4n) is 3.82. The number of ether oxygens (including phenoxy) is 1. The van der Waals surface area contributed by atoms with Gasteiger partial charge in [0.15, 0.2) is 0 Å². The number of hydrogen-bond donors (Lipinski definition) is 3. The minimum Gasteiger partial charge on any atom is -0.475 e. The van der Waals surface area contributed by atoms with Crippen LogP contribution in [0.3, 0.4) is 0 Å². The SMILES string of the molecule is CCN(CC)CC.CC[C@H](NC(=O)OC(C)(C)C)C(=O)N1c2ccc(Cl)cc2C[C@H]1C(=O)NCCCl.O=C(O)C(F)(F)F. The maximum atomic E-state index is 13.3. The summed E-state index contributed by atoms with van der Waals surface area (Å²) in [4.78, 5) is 50.9. The van der Waals surface area contributed by atoms with Crippen molar-refractivity contribution in [3.8, 4) is 0 Å². The van der Waals surface area contributed by atoms with Crippen LogP contribution in [-0.4, -0.2) is 89.8 Å². The molecule has 246 valence electrons. The fraction of sp³-hybridized carbons (Fsp3) is 0.643. The van der Waals surface area contributed by atoms with E-state index in [2.05, 4.69) is 36.3 Å². The van der Waals surface area contributed by atoms with Gasteiger partial charge in [0.1, 0.15) is 17.7 Å². The number of nitrogens with one attached hydrogen (secondary N) is 2. The van der Waals surface area contributed by atoms with Gasteiger partial charge in [-0.2, -0.15) is 13.2 Å². The van der Waals surface area contributed by atoms with Crippen molar-refractivity contribution in [2.45, 2.75) is 85.2 Å². The molecule has 0 saturated carbocycles. The molecule has 15 heteroatoms. The molecule has 0 aliphatic carbocycles. The molecule has 3 N–H and O–H groups in total. The number of carbonyl (C=O) groups excluding carboxylic acids is 3. The normalized spacial score (nSPS) is 14.8. The molecule has 0 aromatic heterocycles. The Morgan fingerprint density at radius 1 is 1.09 bits per heavy atom. The molecule has 43 heavy (non-hydrogen) atoms. The van der Waals surface area contributed by atoms with Crippen molar-refractivity contribution in [3.63, 3.8) is 0 Å². The van der Waals surface area contributed by atoms with Crippen LogP contribution in [0.1, 0.15) is 60.5 Å². The van der Waals surface area contributed by atoms with Crippen molar-refractivity contribution >= 4 is 52.8 Å². The van der Waals surface area contributed by atoms with E-state index in [1.54, 1.807) is 45.9 Å². The van der Waals surface area contributed by atoms with Crippen LogP contribution in [0, 0.1) is 0 Å². The van der Waals surface area contributed by atoms with Crippen LogP contribution in [-0.2, 0) is 25.5 Å².